The van der Waals surface area contributed by atoms with Crippen molar-refractivity contribution in [3.63, 3.8) is 0 Å². The minimum absolute atomic E-state index is 0.0478. The second-order valence-electron chi connectivity index (χ2n) is 6.97. The summed E-state index contributed by atoms with van der Waals surface area (Å²) in [6, 6.07) is 2.18. The van der Waals surface area contributed by atoms with Gasteiger partial charge < -0.3 is 25.1 Å². The molecule has 1 atom stereocenters. The Morgan fingerprint density at radius 3 is 2.74 bits per heavy atom. The molecule has 2 fully saturated rings. The minimum atomic E-state index is -0.821. The van der Waals surface area contributed by atoms with E-state index in [1.807, 2.05) is 0 Å². The van der Waals surface area contributed by atoms with Gasteiger partial charge in [-0.2, -0.15) is 0 Å². The van der Waals surface area contributed by atoms with Gasteiger partial charge in [0.1, 0.15) is 18.0 Å². The molecule has 31 heavy (non-hydrogen) atoms. The maximum Gasteiger partial charge on any atom is 0.424 e. The van der Waals surface area contributed by atoms with Crippen LogP contribution in [0.15, 0.2) is 24.5 Å². The molecule has 1 aromatic rings. The Balaban J connectivity index is 1.73. The number of rotatable bonds is 5. The fourth-order valence-electron chi connectivity index (χ4n) is 3.49. The summed E-state index contributed by atoms with van der Waals surface area (Å²) in [4.78, 5) is 26.5. The molecule has 0 bridgehead atoms. The standard InChI is InChI=1S/C18H25F2N7O4/c1-30-18(29)27-7-6-24(5-3-23-27)16-14(19)8-12(9-15(16)20)26-11-13(31-17(26)28)10-25(22)4-2-21/h2,4,8-9,13,23H,3,5-7,10-11,21-22H2,1H3/p+1. The van der Waals surface area contributed by atoms with E-state index in [2.05, 4.69) is 15.9 Å². The van der Waals surface area contributed by atoms with Crippen molar-refractivity contribution in [1.82, 2.24) is 15.4 Å². The van der Waals surface area contributed by atoms with Crippen LogP contribution in [0.4, 0.5) is 29.7 Å². The molecule has 13 heteroatoms. The highest BCUT2D eigenvalue weighted by molar-refractivity contribution is 5.90. The molecule has 1 aromatic carbocycles. The number of nitrogens with zero attached hydrogens (tertiary/aromatic N) is 4. The fraction of sp³-hybridized carbons (Fsp3) is 0.444. The van der Waals surface area contributed by atoms with Gasteiger partial charge in [-0.05, 0) is 0 Å². The Morgan fingerprint density at radius 1 is 1.39 bits per heavy atom. The summed E-state index contributed by atoms with van der Waals surface area (Å²) < 4.78 is 39.7. The number of cyclic esters (lactones) is 1. The van der Waals surface area contributed by atoms with E-state index >= 15 is 0 Å². The zero-order chi connectivity index (χ0) is 22.5. The Morgan fingerprint density at radius 2 is 2.10 bits per heavy atom. The summed E-state index contributed by atoms with van der Waals surface area (Å²) in [6.45, 7) is 1.21. The third-order valence-electron chi connectivity index (χ3n) is 4.89. The molecular weight excluding hydrogens is 416 g/mol. The number of ether oxygens (including phenoxy) is 2. The van der Waals surface area contributed by atoms with Gasteiger partial charge in [0.05, 0.1) is 38.6 Å². The average molecular weight is 442 g/mol. The smallest absolute Gasteiger partial charge is 0.424 e. The van der Waals surface area contributed by atoms with E-state index in [4.69, 9.17) is 10.6 Å². The van der Waals surface area contributed by atoms with Crippen LogP contribution in [0.25, 0.3) is 0 Å². The van der Waals surface area contributed by atoms with E-state index in [-0.39, 0.29) is 50.6 Å². The third kappa shape index (κ3) is 5.13. The van der Waals surface area contributed by atoms with Crippen molar-refractivity contribution in [2.24, 2.45) is 5.84 Å². The van der Waals surface area contributed by atoms with Gasteiger partial charge in [-0.3, -0.25) is 4.90 Å². The average Bonchev–Trinajstić information content (AvgIpc) is 2.92. The highest BCUT2D eigenvalue weighted by atomic mass is 19.1. The number of methoxy groups -OCH3 is 1. The molecular formula is C18H26F2N7O4+. The van der Waals surface area contributed by atoms with Crippen LogP contribution >= 0.6 is 0 Å². The summed E-state index contributed by atoms with van der Waals surface area (Å²) in [5.41, 5.74) is 6.19. The first-order valence-electron chi connectivity index (χ1n) is 9.62. The van der Waals surface area contributed by atoms with Crippen molar-refractivity contribution in [1.29, 1.82) is 0 Å². The molecule has 2 saturated heterocycles. The highest BCUT2D eigenvalue weighted by Crippen LogP contribution is 2.31. The van der Waals surface area contributed by atoms with Crippen LogP contribution < -0.4 is 26.8 Å². The summed E-state index contributed by atoms with van der Waals surface area (Å²) >= 11 is 0. The van der Waals surface area contributed by atoms with Gasteiger partial charge in [0, 0.05) is 31.8 Å². The monoisotopic (exact) mass is 442 g/mol. The van der Waals surface area contributed by atoms with E-state index in [1.165, 1.54) is 34.4 Å². The zero-order valence-electron chi connectivity index (χ0n) is 17.1. The first kappa shape index (κ1) is 22.5. The van der Waals surface area contributed by atoms with E-state index in [0.29, 0.717) is 0 Å². The quantitative estimate of drug-likeness (QED) is 0.414. The number of halogens is 2. The van der Waals surface area contributed by atoms with Crippen molar-refractivity contribution in [3.8, 4) is 0 Å². The summed E-state index contributed by atoms with van der Waals surface area (Å²) in [5, 5.41) is 2.55. The molecule has 1 unspecified atom stereocenters. The Labute approximate surface area is 177 Å². The number of hydrogen-bond donors (Lipinski definition) is 3. The van der Waals surface area contributed by atoms with Crippen LogP contribution in [0.3, 0.4) is 0 Å². The number of nitrogens with one attached hydrogen (secondary N) is 1. The lowest BCUT2D eigenvalue weighted by Gasteiger charge is -2.24. The second kappa shape index (κ2) is 9.76. The van der Waals surface area contributed by atoms with Gasteiger partial charge in [-0.1, -0.05) is 0 Å². The predicted octanol–water partition coefficient (Wildman–Crippen LogP) is -0.428. The number of benzene rings is 1. The number of carbonyl (C=O) groups excluding carboxylic acids is 2. The van der Waals surface area contributed by atoms with Gasteiger partial charge in [0.15, 0.2) is 11.6 Å². The normalized spacial score (nSPS) is 19.6. The van der Waals surface area contributed by atoms with Crippen LogP contribution in [0.2, 0.25) is 0 Å². The van der Waals surface area contributed by atoms with Crippen LogP contribution in [-0.2, 0) is 9.47 Å². The number of quaternary nitrogens is 1. The molecule has 3 rings (SSSR count). The lowest BCUT2D eigenvalue weighted by Crippen LogP contribution is -2.43. The molecule has 170 valence electrons. The first-order chi connectivity index (χ1) is 14.8. The molecule has 0 aliphatic carbocycles. The summed E-state index contributed by atoms with van der Waals surface area (Å²) in [6.07, 6.45) is 1.14. The molecule has 0 spiro atoms. The van der Waals surface area contributed by atoms with Crippen LogP contribution in [-0.4, -0.2) is 74.7 Å². The lowest BCUT2D eigenvalue weighted by atomic mass is 10.2. The summed E-state index contributed by atoms with van der Waals surface area (Å²) in [7, 11) is 1.25. The summed E-state index contributed by atoms with van der Waals surface area (Å²) in [5.74, 6) is 4.09. The highest BCUT2D eigenvalue weighted by Gasteiger charge is 2.34. The first-order valence-corrected chi connectivity index (χ1v) is 9.62. The topological polar surface area (TPSA) is 131 Å². The van der Waals surface area contributed by atoms with Gasteiger partial charge in [-0.25, -0.2) is 34.6 Å². The van der Waals surface area contributed by atoms with E-state index in [1.54, 1.807) is 0 Å². The van der Waals surface area contributed by atoms with E-state index in [9.17, 15) is 18.4 Å². The molecule has 11 nitrogen and oxygen atoms in total. The van der Waals surface area contributed by atoms with E-state index < -0.39 is 29.9 Å². The number of amides is 2. The lowest BCUT2D eigenvalue weighted by molar-refractivity contribution is -0.276. The van der Waals surface area contributed by atoms with E-state index in [0.717, 1.165) is 17.0 Å². The second-order valence-corrected chi connectivity index (χ2v) is 6.97. The predicted molar refractivity (Wildman–Crippen MR) is 106 cm³/mol. The molecule has 0 saturated carbocycles. The fourth-order valence-corrected chi connectivity index (χ4v) is 3.49. The molecule has 0 radical (unpaired) electrons. The Bertz CT molecular complexity index is 833. The van der Waals surface area contributed by atoms with Crippen molar-refractivity contribution < 1.29 is 33.6 Å². The number of hydrogen-bond acceptors (Lipinski definition) is 8. The number of nitrogens with two attached hydrogens (primary N) is 1. The number of hydrazine groups is 2. The van der Waals surface area contributed by atoms with Gasteiger partial charge in [0.2, 0.25) is 0 Å². The van der Waals surface area contributed by atoms with Crippen LogP contribution in [0.5, 0.6) is 0 Å². The van der Waals surface area contributed by atoms with Crippen molar-refractivity contribution in [3.05, 3.63) is 36.2 Å². The molecule has 2 amide bonds. The number of anilines is 2. The van der Waals surface area contributed by atoms with Crippen molar-refractivity contribution in [2.45, 2.75) is 6.10 Å². The van der Waals surface area contributed by atoms with Gasteiger partial charge in [0.25, 0.3) is 0 Å². The Kier molecular flexibility index (Phi) is 7.09. The van der Waals surface area contributed by atoms with Gasteiger partial charge >= 0.3 is 12.2 Å². The maximum atomic E-state index is 14.9. The molecule has 2 aliphatic rings. The van der Waals surface area contributed by atoms with Crippen LogP contribution in [0, 0.1) is 11.6 Å². The zero-order valence-corrected chi connectivity index (χ0v) is 17.1. The van der Waals surface area contributed by atoms with Crippen molar-refractivity contribution >= 4 is 23.6 Å². The molecule has 2 aliphatic heterocycles. The van der Waals surface area contributed by atoms with Crippen molar-refractivity contribution in [2.75, 3.05) is 56.2 Å². The number of carbonyl (C=O) groups is 2. The molecule has 2 heterocycles. The minimum Gasteiger partial charge on any atom is -0.452 e. The Hall–Kier alpha value is -3.16. The molecule has 6 N–H and O–H groups in total. The van der Waals surface area contributed by atoms with Gasteiger partial charge in [-0.15, -0.1) is 0 Å². The third-order valence-corrected chi connectivity index (χ3v) is 4.89. The SMILES string of the molecule is COC(=O)N1CCN(c2c(F)cc(N3CC(CN(N)C=C[NH3+])OC3=O)cc2F)CCN1. The largest absolute Gasteiger partial charge is 0.452 e. The van der Waals surface area contributed by atoms with Crippen LogP contribution in [0.1, 0.15) is 0 Å². The molecule has 0 aromatic heterocycles. The maximum absolute atomic E-state index is 14.9.